The molecule has 0 aromatic heterocycles. The molecule has 4 nitrogen and oxygen atoms in total. The van der Waals surface area contributed by atoms with Crippen molar-refractivity contribution in [3.8, 4) is 11.5 Å². The molecule has 2 aromatic carbocycles. The predicted molar refractivity (Wildman–Crippen MR) is 109 cm³/mol. The van der Waals surface area contributed by atoms with Crippen LogP contribution in [0.25, 0.3) is 0 Å². The Labute approximate surface area is 172 Å². The molecule has 3 rings (SSSR count). The highest BCUT2D eigenvalue weighted by molar-refractivity contribution is 5.78. The summed E-state index contributed by atoms with van der Waals surface area (Å²) in [7, 11) is 0. The van der Waals surface area contributed by atoms with Crippen LogP contribution in [0.3, 0.4) is 0 Å². The minimum absolute atomic E-state index is 0.0688. The molecule has 1 aliphatic carbocycles. The Kier molecular flexibility index (Phi) is 6.91. The molecule has 5 heteroatoms. The molecule has 2 unspecified atom stereocenters. The van der Waals surface area contributed by atoms with Gasteiger partial charge in [0.1, 0.15) is 12.4 Å². The van der Waals surface area contributed by atoms with Gasteiger partial charge in [-0.05, 0) is 36.2 Å². The lowest BCUT2D eigenvalue weighted by atomic mass is 10.1. The Morgan fingerprint density at radius 1 is 1.10 bits per heavy atom. The van der Waals surface area contributed by atoms with Gasteiger partial charge in [0.25, 0.3) is 0 Å². The van der Waals surface area contributed by atoms with E-state index in [9.17, 15) is 9.18 Å². The minimum atomic E-state index is -0.465. The van der Waals surface area contributed by atoms with Crippen molar-refractivity contribution in [2.75, 3.05) is 6.61 Å². The zero-order valence-electron chi connectivity index (χ0n) is 17.3. The lowest BCUT2D eigenvalue weighted by molar-refractivity contribution is -0.148. The number of ether oxygens (including phenoxy) is 3. The molecule has 1 saturated carbocycles. The maximum absolute atomic E-state index is 14.1. The monoisotopic (exact) mass is 400 g/mol. The molecule has 0 radical (unpaired) electrons. The topological polar surface area (TPSA) is 44.8 Å². The first kappa shape index (κ1) is 21.3. The van der Waals surface area contributed by atoms with Crippen LogP contribution in [0.2, 0.25) is 0 Å². The molecular weight excluding hydrogens is 371 g/mol. The van der Waals surface area contributed by atoms with Crippen LogP contribution in [-0.2, 0) is 20.9 Å². The second kappa shape index (κ2) is 9.40. The van der Waals surface area contributed by atoms with Crippen molar-refractivity contribution in [1.82, 2.24) is 0 Å². The van der Waals surface area contributed by atoms with E-state index in [2.05, 4.69) is 6.92 Å². The van der Waals surface area contributed by atoms with E-state index in [0.717, 1.165) is 19.3 Å². The maximum atomic E-state index is 14.1. The summed E-state index contributed by atoms with van der Waals surface area (Å²) >= 11 is 0. The van der Waals surface area contributed by atoms with Crippen molar-refractivity contribution in [3.05, 3.63) is 59.9 Å². The summed E-state index contributed by atoms with van der Waals surface area (Å²) in [5, 5.41) is 0. The fourth-order valence-corrected chi connectivity index (χ4v) is 3.47. The number of hydrogen-bond donors (Lipinski definition) is 0. The predicted octanol–water partition coefficient (Wildman–Crippen LogP) is 5.89. The number of rotatable bonds is 10. The van der Waals surface area contributed by atoms with E-state index >= 15 is 0 Å². The fourth-order valence-electron chi connectivity index (χ4n) is 3.47. The first-order chi connectivity index (χ1) is 13.9. The van der Waals surface area contributed by atoms with Gasteiger partial charge in [-0.2, -0.15) is 0 Å². The molecule has 0 spiro atoms. The van der Waals surface area contributed by atoms with Gasteiger partial charge >= 0.3 is 5.97 Å². The summed E-state index contributed by atoms with van der Waals surface area (Å²) in [6.45, 7) is 6.93. The van der Waals surface area contributed by atoms with E-state index < -0.39 is 5.82 Å². The summed E-state index contributed by atoms with van der Waals surface area (Å²) in [4.78, 5) is 12.5. The van der Waals surface area contributed by atoms with Crippen LogP contribution in [0.5, 0.6) is 11.5 Å². The van der Waals surface area contributed by atoms with Crippen LogP contribution in [0, 0.1) is 17.2 Å². The molecule has 1 fully saturated rings. The van der Waals surface area contributed by atoms with Gasteiger partial charge in [0.15, 0.2) is 11.6 Å². The van der Waals surface area contributed by atoms with Gasteiger partial charge in [-0.3, -0.25) is 4.79 Å². The summed E-state index contributed by atoms with van der Waals surface area (Å²) in [5.41, 5.74) is 0.456. The maximum Gasteiger partial charge on any atom is 0.312 e. The van der Waals surface area contributed by atoms with Crippen molar-refractivity contribution in [3.63, 3.8) is 0 Å². The molecular formula is C24H29FO4. The molecule has 2 atom stereocenters. The first-order valence-electron chi connectivity index (χ1n) is 10.2. The first-order valence-corrected chi connectivity index (χ1v) is 10.2. The highest BCUT2D eigenvalue weighted by Gasteiger charge is 2.64. The number of esters is 1. The Bertz CT molecular complexity index is 819. The number of carbonyl (C=O) groups is 1. The van der Waals surface area contributed by atoms with Gasteiger partial charge in [-0.1, -0.05) is 57.9 Å². The highest BCUT2D eigenvalue weighted by Crippen LogP contribution is 2.54. The molecule has 0 saturated heterocycles. The molecule has 0 amide bonds. The largest absolute Gasteiger partial charge is 0.461 e. The van der Waals surface area contributed by atoms with Gasteiger partial charge in [0, 0.05) is 12.0 Å². The van der Waals surface area contributed by atoms with Crippen LogP contribution >= 0.6 is 0 Å². The Balaban J connectivity index is 1.54. The number of unbranched alkanes of at least 4 members (excludes halogenated alkanes) is 2. The molecule has 2 aromatic rings. The lowest BCUT2D eigenvalue weighted by Crippen LogP contribution is -2.12. The Morgan fingerprint density at radius 3 is 2.59 bits per heavy atom. The number of benzene rings is 2. The average Bonchev–Trinajstić information content (AvgIpc) is 3.26. The van der Waals surface area contributed by atoms with E-state index in [1.165, 1.54) is 6.07 Å². The number of halogens is 1. The SMILES string of the molecule is CCCCCOC1C(C(=O)OCc2ccc(F)c(Oc3ccccc3)c2)C1(C)C. The average molecular weight is 400 g/mol. The van der Waals surface area contributed by atoms with Crippen molar-refractivity contribution in [2.24, 2.45) is 11.3 Å². The second-order valence-electron chi connectivity index (χ2n) is 8.09. The Hall–Kier alpha value is -2.40. The third kappa shape index (κ3) is 5.36. The number of hydrogen-bond acceptors (Lipinski definition) is 4. The van der Waals surface area contributed by atoms with Gasteiger partial charge in [-0.25, -0.2) is 4.39 Å². The molecule has 1 aliphatic rings. The van der Waals surface area contributed by atoms with Crippen molar-refractivity contribution in [2.45, 2.75) is 52.7 Å². The quantitative estimate of drug-likeness (QED) is 0.368. The van der Waals surface area contributed by atoms with Crippen molar-refractivity contribution >= 4 is 5.97 Å². The van der Waals surface area contributed by atoms with Gasteiger partial charge in [-0.15, -0.1) is 0 Å². The molecule has 0 bridgehead atoms. The van der Waals surface area contributed by atoms with E-state index in [-0.39, 0.29) is 35.8 Å². The zero-order chi connectivity index (χ0) is 20.9. The van der Waals surface area contributed by atoms with Crippen LogP contribution < -0.4 is 4.74 Å². The van der Waals surface area contributed by atoms with Gasteiger partial charge in [0.05, 0.1) is 12.0 Å². The summed E-state index contributed by atoms with van der Waals surface area (Å²) in [6.07, 6.45) is 3.17. The highest BCUT2D eigenvalue weighted by atomic mass is 19.1. The molecule has 29 heavy (non-hydrogen) atoms. The van der Waals surface area contributed by atoms with Crippen LogP contribution in [-0.4, -0.2) is 18.7 Å². The van der Waals surface area contributed by atoms with Crippen LogP contribution in [0.4, 0.5) is 4.39 Å². The molecule has 0 N–H and O–H groups in total. The van der Waals surface area contributed by atoms with Crippen LogP contribution in [0.1, 0.15) is 45.6 Å². The molecule has 0 aliphatic heterocycles. The third-order valence-corrected chi connectivity index (χ3v) is 5.38. The van der Waals surface area contributed by atoms with E-state index in [1.54, 1.807) is 24.3 Å². The molecule has 156 valence electrons. The van der Waals surface area contributed by atoms with Gasteiger partial charge in [0.2, 0.25) is 0 Å². The van der Waals surface area contributed by atoms with Crippen molar-refractivity contribution < 1.29 is 23.4 Å². The smallest absolute Gasteiger partial charge is 0.312 e. The van der Waals surface area contributed by atoms with E-state index in [1.807, 2.05) is 32.0 Å². The zero-order valence-corrected chi connectivity index (χ0v) is 17.3. The van der Waals surface area contributed by atoms with Crippen molar-refractivity contribution in [1.29, 1.82) is 0 Å². The lowest BCUT2D eigenvalue weighted by Gasteiger charge is -2.10. The fraction of sp³-hybridized carbons (Fsp3) is 0.458. The number of carbonyl (C=O) groups excluding carboxylic acids is 1. The van der Waals surface area contributed by atoms with E-state index in [0.29, 0.717) is 17.9 Å². The normalized spacial score (nSPS) is 19.6. The summed E-state index contributed by atoms with van der Waals surface area (Å²) in [6, 6.07) is 13.5. The van der Waals surface area contributed by atoms with E-state index in [4.69, 9.17) is 14.2 Å². The summed E-state index contributed by atoms with van der Waals surface area (Å²) < 4.78 is 31.0. The Morgan fingerprint density at radius 2 is 1.86 bits per heavy atom. The van der Waals surface area contributed by atoms with Crippen LogP contribution in [0.15, 0.2) is 48.5 Å². The third-order valence-electron chi connectivity index (χ3n) is 5.38. The molecule has 0 heterocycles. The summed E-state index contributed by atoms with van der Waals surface area (Å²) in [5.74, 6) is -0.347. The van der Waals surface area contributed by atoms with Gasteiger partial charge < -0.3 is 14.2 Å². The minimum Gasteiger partial charge on any atom is -0.461 e. The standard InChI is InChI=1S/C24H29FO4/c1-4-5-9-14-27-22-21(24(22,2)3)23(26)28-16-17-12-13-19(25)20(15-17)29-18-10-7-6-8-11-18/h6-8,10-13,15,21-22H,4-5,9,14,16H2,1-3H3. The number of para-hydroxylation sites is 1. The second-order valence-corrected chi connectivity index (χ2v) is 8.09.